The van der Waals surface area contributed by atoms with Crippen LogP contribution in [0, 0.1) is 11.8 Å². The normalized spacial score (nSPS) is 13.9. The van der Waals surface area contributed by atoms with Crippen LogP contribution in [0.3, 0.4) is 0 Å². The van der Waals surface area contributed by atoms with Gasteiger partial charge in [0.05, 0.1) is 0 Å². The van der Waals surface area contributed by atoms with E-state index in [1.165, 1.54) is 6.42 Å². The number of aliphatic hydroxyl groups is 1. The van der Waals surface area contributed by atoms with Gasteiger partial charge in [0.1, 0.15) is 6.61 Å². The van der Waals surface area contributed by atoms with Gasteiger partial charge in [-0.05, 0) is 37.0 Å². The van der Waals surface area contributed by atoms with Crippen molar-refractivity contribution < 1.29 is 9.90 Å². The highest BCUT2D eigenvalue weighted by molar-refractivity contribution is 5.74. The Morgan fingerprint density at radius 3 is 2.95 bits per heavy atom. The molecule has 0 heterocycles. The van der Waals surface area contributed by atoms with Crippen LogP contribution in [0.15, 0.2) is 24.3 Å². The Balaban J connectivity index is 1.92. The average Bonchev–Trinajstić information content (AvgIpc) is 2.40. The summed E-state index contributed by atoms with van der Waals surface area (Å²) in [4.78, 5) is 13.6. The smallest absolute Gasteiger partial charge is 0.317 e. The number of urea groups is 1. The van der Waals surface area contributed by atoms with Crippen LogP contribution in [0.25, 0.3) is 0 Å². The van der Waals surface area contributed by atoms with E-state index < -0.39 is 0 Å². The molecular formula is C16H20N2O2. The predicted octanol–water partition coefficient (Wildman–Crippen LogP) is 1.72. The van der Waals surface area contributed by atoms with E-state index in [0.29, 0.717) is 12.6 Å². The number of nitrogens with one attached hydrogen (secondary N) is 1. The lowest BCUT2D eigenvalue weighted by atomic mass is 9.93. The number of hydrogen-bond donors (Lipinski definition) is 2. The molecule has 1 aromatic carbocycles. The van der Waals surface area contributed by atoms with Gasteiger partial charge < -0.3 is 15.3 Å². The summed E-state index contributed by atoms with van der Waals surface area (Å²) in [5.41, 5.74) is 1.88. The van der Waals surface area contributed by atoms with Gasteiger partial charge in [0.15, 0.2) is 0 Å². The molecule has 20 heavy (non-hydrogen) atoms. The highest BCUT2D eigenvalue weighted by Gasteiger charge is 2.21. The first-order valence-corrected chi connectivity index (χ1v) is 6.89. The standard InChI is InChI=1S/C16H20N2O2/c1-18(16(20)17-15-8-3-9-15)12-14-6-2-5-13(11-14)7-4-10-19/h2,5-6,11,15,19H,3,8-10,12H2,1H3,(H,17,20). The van der Waals surface area contributed by atoms with Crippen molar-refractivity contribution in [3.63, 3.8) is 0 Å². The Hall–Kier alpha value is -1.99. The van der Waals surface area contributed by atoms with Gasteiger partial charge in [-0.3, -0.25) is 0 Å². The number of hydrogen-bond acceptors (Lipinski definition) is 2. The summed E-state index contributed by atoms with van der Waals surface area (Å²) in [7, 11) is 1.79. The summed E-state index contributed by atoms with van der Waals surface area (Å²) in [6.07, 6.45) is 3.39. The van der Waals surface area contributed by atoms with Gasteiger partial charge in [-0.15, -0.1) is 0 Å². The van der Waals surface area contributed by atoms with Crippen LogP contribution in [-0.4, -0.2) is 35.7 Å². The van der Waals surface area contributed by atoms with Crippen molar-refractivity contribution in [2.24, 2.45) is 0 Å². The molecule has 2 N–H and O–H groups in total. The first-order valence-electron chi connectivity index (χ1n) is 6.89. The van der Waals surface area contributed by atoms with E-state index >= 15 is 0 Å². The van der Waals surface area contributed by atoms with Gasteiger partial charge in [-0.1, -0.05) is 24.0 Å². The zero-order valence-corrected chi connectivity index (χ0v) is 11.7. The lowest BCUT2D eigenvalue weighted by molar-refractivity contribution is 0.195. The SMILES string of the molecule is CN(Cc1cccc(C#CCO)c1)C(=O)NC1CCC1. The average molecular weight is 272 g/mol. The van der Waals surface area contributed by atoms with Crippen molar-refractivity contribution in [1.82, 2.24) is 10.2 Å². The van der Waals surface area contributed by atoms with Crippen LogP contribution in [0.4, 0.5) is 4.79 Å². The molecule has 0 atom stereocenters. The molecule has 4 nitrogen and oxygen atoms in total. The molecule has 106 valence electrons. The second-order valence-corrected chi connectivity index (χ2v) is 5.09. The Morgan fingerprint density at radius 2 is 2.30 bits per heavy atom. The minimum Gasteiger partial charge on any atom is -0.384 e. The molecule has 1 saturated carbocycles. The van der Waals surface area contributed by atoms with Gasteiger partial charge in [0.25, 0.3) is 0 Å². The molecule has 0 saturated heterocycles. The predicted molar refractivity (Wildman–Crippen MR) is 78.0 cm³/mol. The first kappa shape index (κ1) is 14.4. The molecule has 0 aromatic heterocycles. The summed E-state index contributed by atoms with van der Waals surface area (Å²) in [6.45, 7) is 0.404. The summed E-state index contributed by atoms with van der Waals surface area (Å²) in [5.74, 6) is 5.49. The molecule has 0 unspecified atom stereocenters. The monoisotopic (exact) mass is 272 g/mol. The molecule has 0 bridgehead atoms. The second kappa shape index (κ2) is 6.97. The molecule has 1 aromatic rings. The molecule has 1 fully saturated rings. The van der Waals surface area contributed by atoms with E-state index in [9.17, 15) is 4.79 Å². The molecule has 4 heteroatoms. The van der Waals surface area contributed by atoms with Crippen LogP contribution >= 0.6 is 0 Å². The van der Waals surface area contributed by atoms with Gasteiger partial charge in [-0.2, -0.15) is 0 Å². The highest BCUT2D eigenvalue weighted by atomic mass is 16.2. The fourth-order valence-electron chi connectivity index (χ4n) is 2.07. The van der Waals surface area contributed by atoms with Crippen molar-refractivity contribution in [2.75, 3.05) is 13.7 Å². The molecule has 0 radical (unpaired) electrons. The van der Waals surface area contributed by atoms with Crippen molar-refractivity contribution in [3.05, 3.63) is 35.4 Å². The van der Waals surface area contributed by atoms with E-state index in [1.807, 2.05) is 24.3 Å². The number of carbonyl (C=O) groups excluding carboxylic acids is 1. The van der Waals surface area contributed by atoms with Crippen LogP contribution in [0.5, 0.6) is 0 Å². The maximum absolute atomic E-state index is 12.0. The van der Waals surface area contributed by atoms with Crippen molar-refractivity contribution in [2.45, 2.75) is 31.8 Å². The first-order chi connectivity index (χ1) is 9.69. The fourth-order valence-corrected chi connectivity index (χ4v) is 2.07. The van der Waals surface area contributed by atoms with E-state index in [2.05, 4.69) is 17.2 Å². The quantitative estimate of drug-likeness (QED) is 0.823. The number of benzene rings is 1. The Morgan fingerprint density at radius 1 is 1.50 bits per heavy atom. The van der Waals surface area contributed by atoms with Gasteiger partial charge in [-0.25, -0.2) is 4.79 Å². The lowest BCUT2D eigenvalue weighted by Crippen LogP contribution is -2.45. The van der Waals surface area contributed by atoms with E-state index in [0.717, 1.165) is 24.0 Å². The summed E-state index contributed by atoms with van der Waals surface area (Å²) in [6, 6.07) is 8.04. The van der Waals surface area contributed by atoms with Crippen LogP contribution < -0.4 is 5.32 Å². The highest BCUT2D eigenvalue weighted by Crippen LogP contribution is 2.18. The molecule has 2 amide bonds. The third kappa shape index (κ3) is 4.01. The fraction of sp³-hybridized carbons (Fsp3) is 0.438. The number of carbonyl (C=O) groups is 1. The van der Waals surface area contributed by atoms with Crippen LogP contribution in [-0.2, 0) is 6.54 Å². The van der Waals surface area contributed by atoms with Gasteiger partial charge in [0, 0.05) is 25.2 Å². The van der Waals surface area contributed by atoms with E-state index in [4.69, 9.17) is 5.11 Å². The maximum Gasteiger partial charge on any atom is 0.317 e. The zero-order valence-electron chi connectivity index (χ0n) is 11.7. The Kier molecular flexibility index (Phi) is 5.03. The lowest BCUT2D eigenvalue weighted by Gasteiger charge is -2.29. The molecule has 0 aliphatic heterocycles. The summed E-state index contributed by atoms with van der Waals surface area (Å²) in [5, 5.41) is 11.7. The van der Waals surface area contributed by atoms with Crippen molar-refractivity contribution in [3.8, 4) is 11.8 Å². The van der Waals surface area contributed by atoms with Crippen molar-refractivity contribution in [1.29, 1.82) is 0 Å². The van der Waals surface area contributed by atoms with E-state index in [-0.39, 0.29) is 12.6 Å². The zero-order chi connectivity index (χ0) is 14.4. The number of nitrogens with zero attached hydrogens (tertiary/aromatic N) is 1. The minimum atomic E-state index is -0.145. The van der Waals surface area contributed by atoms with Crippen molar-refractivity contribution >= 4 is 6.03 Å². The Labute approximate surface area is 119 Å². The molecule has 1 aliphatic carbocycles. The third-order valence-corrected chi connectivity index (χ3v) is 3.44. The second-order valence-electron chi connectivity index (χ2n) is 5.09. The molecular weight excluding hydrogens is 252 g/mol. The molecule has 1 aliphatic rings. The van der Waals surface area contributed by atoms with Gasteiger partial charge >= 0.3 is 6.03 Å². The third-order valence-electron chi connectivity index (χ3n) is 3.44. The van der Waals surface area contributed by atoms with E-state index in [1.54, 1.807) is 11.9 Å². The van der Waals surface area contributed by atoms with Crippen LogP contribution in [0.1, 0.15) is 30.4 Å². The summed E-state index contributed by atoms with van der Waals surface area (Å²) >= 11 is 0. The number of rotatable bonds is 3. The Bertz CT molecular complexity index is 527. The summed E-state index contributed by atoms with van der Waals surface area (Å²) < 4.78 is 0. The largest absolute Gasteiger partial charge is 0.384 e. The van der Waals surface area contributed by atoms with Crippen LogP contribution in [0.2, 0.25) is 0 Å². The molecule has 2 rings (SSSR count). The minimum absolute atomic E-state index is 0.0263. The van der Waals surface area contributed by atoms with Gasteiger partial charge in [0.2, 0.25) is 0 Å². The number of aliphatic hydroxyl groups excluding tert-OH is 1. The molecule has 0 spiro atoms. The maximum atomic E-state index is 12.0. The number of amides is 2. The topological polar surface area (TPSA) is 52.6 Å².